The van der Waals surface area contributed by atoms with Gasteiger partial charge in [-0.05, 0) is 46.5 Å². The van der Waals surface area contributed by atoms with E-state index in [1.807, 2.05) is 0 Å². The summed E-state index contributed by atoms with van der Waals surface area (Å²) in [6.45, 7) is 6.20. The maximum absolute atomic E-state index is 12.3. The molecule has 1 amide bonds. The van der Waals surface area contributed by atoms with E-state index in [-0.39, 0.29) is 13.2 Å². The van der Waals surface area contributed by atoms with Gasteiger partial charge in [-0.2, -0.15) is 0 Å². The average Bonchev–Trinajstić information content (AvgIpc) is 2.46. The highest BCUT2D eigenvalue weighted by Crippen LogP contribution is 2.44. The van der Waals surface area contributed by atoms with Crippen molar-refractivity contribution in [3.8, 4) is 0 Å². The molecule has 0 bridgehead atoms. The van der Waals surface area contributed by atoms with Gasteiger partial charge in [-0.15, -0.1) is 0 Å². The Morgan fingerprint density at radius 1 is 1.22 bits per heavy atom. The van der Waals surface area contributed by atoms with E-state index < -0.39 is 28.7 Å². The first-order chi connectivity index (χ1) is 10.6. The van der Waals surface area contributed by atoms with E-state index >= 15 is 0 Å². The molecule has 0 spiro atoms. The van der Waals surface area contributed by atoms with Crippen LogP contribution < -0.4 is 0 Å². The van der Waals surface area contributed by atoms with Crippen molar-refractivity contribution in [2.24, 2.45) is 5.41 Å². The summed E-state index contributed by atoms with van der Waals surface area (Å²) < 4.78 is 10.7. The number of nitrogens with zero attached hydrogens (tertiary/aromatic N) is 1. The molecule has 7 heteroatoms. The topological polar surface area (TPSA) is 96.3 Å². The summed E-state index contributed by atoms with van der Waals surface area (Å²) in [5.41, 5.74) is -3.51. The van der Waals surface area contributed by atoms with Gasteiger partial charge in [-0.1, -0.05) is 0 Å². The van der Waals surface area contributed by atoms with Gasteiger partial charge in [0.2, 0.25) is 0 Å². The summed E-state index contributed by atoms with van der Waals surface area (Å²) in [7, 11) is 0. The number of amides is 1. The maximum atomic E-state index is 12.3. The zero-order valence-corrected chi connectivity index (χ0v) is 14.1. The second kappa shape index (κ2) is 6.28. The first-order valence-corrected chi connectivity index (χ1v) is 8.11. The molecule has 2 N–H and O–H groups in total. The molecule has 132 valence electrons. The minimum absolute atomic E-state index is 0.0268. The zero-order chi connectivity index (χ0) is 17.3. The molecule has 0 radical (unpaired) electrons. The van der Waals surface area contributed by atoms with Crippen LogP contribution in [0.15, 0.2) is 0 Å². The molecule has 2 atom stereocenters. The molecule has 2 fully saturated rings. The maximum Gasteiger partial charge on any atom is 0.410 e. The van der Waals surface area contributed by atoms with E-state index in [2.05, 4.69) is 0 Å². The average molecular weight is 329 g/mol. The number of hydrogen-bond donors (Lipinski definition) is 2. The number of carbonyl (C=O) groups is 2. The Hall–Kier alpha value is -1.34. The predicted molar refractivity (Wildman–Crippen MR) is 82.1 cm³/mol. The lowest BCUT2D eigenvalue weighted by Gasteiger charge is -2.50. The summed E-state index contributed by atoms with van der Waals surface area (Å²) in [6.07, 6.45) is 1.28. The SMILES string of the molecule is CC(C)(C)OC(=O)N1CCCC(O)(C2(C(=O)O)CCCOC2)C1. The number of hydrogen-bond acceptors (Lipinski definition) is 5. The van der Waals surface area contributed by atoms with E-state index in [9.17, 15) is 19.8 Å². The number of rotatable bonds is 2. The number of ether oxygens (including phenoxy) is 2. The number of likely N-dealkylation sites (tertiary alicyclic amines) is 1. The minimum atomic E-state index is -1.51. The van der Waals surface area contributed by atoms with Crippen molar-refractivity contribution >= 4 is 12.1 Å². The molecule has 7 nitrogen and oxygen atoms in total. The lowest BCUT2D eigenvalue weighted by molar-refractivity contribution is -0.199. The van der Waals surface area contributed by atoms with Crippen LogP contribution in [0.3, 0.4) is 0 Å². The number of piperidine rings is 1. The highest BCUT2D eigenvalue weighted by Gasteiger charge is 2.58. The Kier molecular flexibility index (Phi) is 4.92. The number of aliphatic hydroxyl groups is 1. The normalized spacial score (nSPS) is 32.4. The molecule has 2 unspecified atom stereocenters. The van der Waals surface area contributed by atoms with Crippen molar-refractivity contribution in [3.05, 3.63) is 0 Å². The molecule has 0 aromatic carbocycles. The number of carboxylic acid groups (broad SMARTS) is 1. The van der Waals surface area contributed by atoms with Crippen LogP contribution in [0.25, 0.3) is 0 Å². The smallest absolute Gasteiger partial charge is 0.410 e. The lowest BCUT2D eigenvalue weighted by atomic mass is 9.65. The third-order valence-corrected chi connectivity index (χ3v) is 4.66. The molecule has 23 heavy (non-hydrogen) atoms. The zero-order valence-electron chi connectivity index (χ0n) is 14.1. The van der Waals surface area contributed by atoms with Crippen LogP contribution >= 0.6 is 0 Å². The molecular formula is C16H27NO6. The first-order valence-electron chi connectivity index (χ1n) is 8.11. The Balaban J connectivity index is 2.20. The van der Waals surface area contributed by atoms with Gasteiger partial charge in [-0.25, -0.2) is 4.79 Å². The monoisotopic (exact) mass is 329 g/mol. The van der Waals surface area contributed by atoms with Gasteiger partial charge in [0.25, 0.3) is 0 Å². The van der Waals surface area contributed by atoms with Crippen LogP contribution in [-0.2, 0) is 14.3 Å². The predicted octanol–water partition coefficient (Wildman–Crippen LogP) is 1.63. The quantitative estimate of drug-likeness (QED) is 0.799. The highest BCUT2D eigenvalue weighted by atomic mass is 16.6. The van der Waals surface area contributed by atoms with Crippen LogP contribution in [0.5, 0.6) is 0 Å². The van der Waals surface area contributed by atoms with Crippen LogP contribution in [-0.4, -0.2) is 64.7 Å². The Morgan fingerprint density at radius 2 is 1.91 bits per heavy atom. The standard InChI is InChI=1S/C16H27NO6/c1-14(2,3)23-13(20)17-8-4-7-16(21,10-17)15(12(18)19)6-5-9-22-11-15/h21H,4-11H2,1-3H3,(H,18,19). The van der Waals surface area contributed by atoms with Crippen LogP contribution in [0.2, 0.25) is 0 Å². The van der Waals surface area contributed by atoms with E-state index in [0.29, 0.717) is 38.8 Å². The number of carboxylic acids is 1. The summed E-state index contributed by atoms with van der Waals surface area (Å²) >= 11 is 0. The molecule has 0 aliphatic carbocycles. The van der Waals surface area contributed by atoms with Gasteiger partial charge in [0.15, 0.2) is 0 Å². The van der Waals surface area contributed by atoms with Crippen molar-refractivity contribution in [2.75, 3.05) is 26.3 Å². The molecular weight excluding hydrogens is 302 g/mol. The summed E-state index contributed by atoms with van der Waals surface area (Å²) in [5, 5.41) is 20.9. The van der Waals surface area contributed by atoms with Crippen molar-refractivity contribution in [2.45, 2.75) is 57.7 Å². The van der Waals surface area contributed by atoms with Crippen LogP contribution in [0.4, 0.5) is 4.79 Å². The fourth-order valence-corrected chi connectivity index (χ4v) is 3.44. The largest absolute Gasteiger partial charge is 0.481 e. The lowest BCUT2D eigenvalue weighted by Crippen LogP contribution is -2.65. The second-order valence-electron chi connectivity index (χ2n) is 7.58. The van der Waals surface area contributed by atoms with Gasteiger partial charge in [0.05, 0.1) is 13.2 Å². The fraction of sp³-hybridized carbons (Fsp3) is 0.875. The molecule has 0 saturated carbocycles. The number of carbonyl (C=O) groups excluding carboxylic acids is 1. The third-order valence-electron chi connectivity index (χ3n) is 4.66. The third kappa shape index (κ3) is 3.61. The number of β-amino-alcohol motifs (C(OH)–C–C–N with tert-alkyl or cyclic N) is 1. The van der Waals surface area contributed by atoms with Crippen LogP contribution in [0, 0.1) is 5.41 Å². The van der Waals surface area contributed by atoms with Crippen molar-refractivity contribution in [1.82, 2.24) is 4.90 Å². The second-order valence-corrected chi connectivity index (χ2v) is 7.58. The van der Waals surface area contributed by atoms with Crippen molar-refractivity contribution in [3.63, 3.8) is 0 Å². The molecule has 0 aromatic rings. The summed E-state index contributed by atoms with van der Waals surface area (Å²) in [4.78, 5) is 25.6. The van der Waals surface area contributed by atoms with Crippen LogP contribution in [0.1, 0.15) is 46.5 Å². The summed E-state index contributed by atoms with van der Waals surface area (Å²) in [5.74, 6) is -1.06. The highest BCUT2D eigenvalue weighted by molar-refractivity contribution is 5.77. The van der Waals surface area contributed by atoms with E-state index in [1.54, 1.807) is 20.8 Å². The Bertz CT molecular complexity index is 466. The molecule has 2 rings (SSSR count). The van der Waals surface area contributed by atoms with Gasteiger partial charge in [0, 0.05) is 13.2 Å². The van der Waals surface area contributed by atoms with Gasteiger partial charge in [-0.3, -0.25) is 4.79 Å². The summed E-state index contributed by atoms with van der Waals surface area (Å²) in [6, 6.07) is 0. The molecule has 0 aromatic heterocycles. The fourth-order valence-electron chi connectivity index (χ4n) is 3.44. The van der Waals surface area contributed by atoms with Gasteiger partial charge in [0.1, 0.15) is 16.6 Å². The van der Waals surface area contributed by atoms with Gasteiger partial charge >= 0.3 is 12.1 Å². The first kappa shape index (κ1) is 18.0. The van der Waals surface area contributed by atoms with Crippen molar-refractivity contribution < 1.29 is 29.3 Å². The van der Waals surface area contributed by atoms with Gasteiger partial charge < -0.3 is 24.6 Å². The molecule has 2 heterocycles. The Labute approximate surface area is 136 Å². The van der Waals surface area contributed by atoms with E-state index in [1.165, 1.54) is 4.90 Å². The van der Waals surface area contributed by atoms with Crippen molar-refractivity contribution in [1.29, 1.82) is 0 Å². The number of aliphatic carboxylic acids is 1. The molecule has 2 aliphatic heterocycles. The Morgan fingerprint density at radius 3 is 2.43 bits per heavy atom. The molecule has 2 aliphatic rings. The van der Waals surface area contributed by atoms with E-state index in [4.69, 9.17) is 9.47 Å². The minimum Gasteiger partial charge on any atom is -0.481 e. The van der Waals surface area contributed by atoms with E-state index in [0.717, 1.165) is 0 Å². The molecule has 2 saturated heterocycles.